The number of aromatic nitrogens is 4. The molecule has 1 aliphatic heterocycles. The van der Waals surface area contributed by atoms with E-state index in [0.29, 0.717) is 33.5 Å². The number of pyridine rings is 2. The molecule has 0 spiro atoms. The zero-order valence-corrected chi connectivity index (χ0v) is 17.9. The van der Waals surface area contributed by atoms with Crippen molar-refractivity contribution in [1.82, 2.24) is 25.1 Å². The molecule has 5 rings (SSSR count). The Hall–Kier alpha value is -3.83. The van der Waals surface area contributed by atoms with Gasteiger partial charge in [-0.2, -0.15) is 10.4 Å². The zero-order chi connectivity index (χ0) is 22.2. The number of rotatable bonds is 3. The van der Waals surface area contributed by atoms with Crippen molar-refractivity contribution in [3.05, 3.63) is 59.5 Å². The molecule has 1 aromatic carbocycles. The summed E-state index contributed by atoms with van der Waals surface area (Å²) < 4.78 is 14.7. The molecule has 1 aliphatic rings. The van der Waals surface area contributed by atoms with E-state index in [1.165, 1.54) is 6.07 Å². The van der Waals surface area contributed by atoms with Gasteiger partial charge < -0.3 is 9.80 Å². The summed E-state index contributed by atoms with van der Waals surface area (Å²) in [6.45, 7) is 5.71. The summed E-state index contributed by atoms with van der Waals surface area (Å²) in [5, 5.41) is 17.0. The summed E-state index contributed by atoms with van der Waals surface area (Å²) >= 11 is 0. The first-order valence-corrected chi connectivity index (χ1v) is 10.5. The number of nitrogens with one attached hydrogen (secondary N) is 1. The highest BCUT2D eigenvalue weighted by Crippen LogP contribution is 2.33. The Kier molecular flexibility index (Phi) is 5.04. The lowest BCUT2D eigenvalue weighted by Gasteiger charge is -2.33. The Labute approximate surface area is 185 Å². The summed E-state index contributed by atoms with van der Waals surface area (Å²) in [4.78, 5) is 13.9. The lowest BCUT2D eigenvalue weighted by Crippen LogP contribution is -2.44. The third kappa shape index (κ3) is 3.47. The quantitative estimate of drug-likeness (QED) is 0.536. The number of anilines is 1. The topological polar surface area (TPSA) is 84.7 Å². The van der Waals surface area contributed by atoms with Gasteiger partial charge in [0.2, 0.25) is 0 Å². The van der Waals surface area contributed by atoms with Crippen LogP contribution >= 0.6 is 0 Å². The fraction of sp³-hybridized carbons (Fsp3) is 0.250. The number of halogens is 1. The van der Waals surface area contributed by atoms with Crippen LogP contribution in [-0.2, 0) is 0 Å². The molecule has 4 aromatic rings. The van der Waals surface area contributed by atoms with E-state index in [9.17, 15) is 9.65 Å². The molecule has 32 heavy (non-hydrogen) atoms. The standard InChI is InChI=1S/C24H22FN7/c1-15-4-3-5-18(25)21(15)22-17(13-26)12-19-24(28-22)23(30-29-19)16-6-7-20(27-14-16)32-10-8-31(2)9-11-32/h3-7,12,14H,8-11H2,1-2H3,(H,29,30). The van der Waals surface area contributed by atoms with Crippen molar-refractivity contribution < 1.29 is 4.39 Å². The lowest BCUT2D eigenvalue weighted by atomic mass is 10.00. The number of fused-ring (bicyclic) bond motifs is 1. The minimum Gasteiger partial charge on any atom is -0.354 e. The number of nitriles is 1. The molecule has 3 aromatic heterocycles. The monoisotopic (exact) mass is 427 g/mol. The van der Waals surface area contributed by atoms with Crippen LogP contribution in [0.3, 0.4) is 0 Å². The molecule has 1 N–H and O–H groups in total. The van der Waals surface area contributed by atoms with Crippen LogP contribution in [0, 0.1) is 24.1 Å². The van der Waals surface area contributed by atoms with Gasteiger partial charge in [-0.15, -0.1) is 0 Å². The lowest BCUT2D eigenvalue weighted by molar-refractivity contribution is 0.312. The van der Waals surface area contributed by atoms with Crippen LogP contribution in [0.2, 0.25) is 0 Å². The second-order valence-corrected chi connectivity index (χ2v) is 8.09. The van der Waals surface area contributed by atoms with Crippen LogP contribution in [0.25, 0.3) is 33.5 Å². The van der Waals surface area contributed by atoms with Gasteiger partial charge in [-0.05, 0) is 43.8 Å². The van der Waals surface area contributed by atoms with Crippen molar-refractivity contribution in [3.63, 3.8) is 0 Å². The molecule has 0 radical (unpaired) electrons. The molecule has 1 fully saturated rings. The Morgan fingerprint density at radius 2 is 1.91 bits per heavy atom. The van der Waals surface area contributed by atoms with Gasteiger partial charge in [0.15, 0.2) is 0 Å². The normalized spacial score (nSPS) is 14.6. The summed E-state index contributed by atoms with van der Waals surface area (Å²) in [7, 11) is 2.12. The number of hydrogen-bond donors (Lipinski definition) is 1. The summed E-state index contributed by atoms with van der Waals surface area (Å²) in [5.41, 5.74) is 4.30. The van der Waals surface area contributed by atoms with E-state index in [4.69, 9.17) is 4.98 Å². The van der Waals surface area contributed by atoms with E-state index < -0.39 is 5.82 Å². The van der Waals surface area contributed by atoms with Crippen LogP contribution in [0.15, 0.2) is 42.6 Å². The Morgan fingerprint density at radius 1 is 1.09 bits per heavy atom. The molecule has 0 bridgehead atoms. The van der Waals surface area contributed by atoms with Crippen LogP contribution < -0.4 is 4.90 Å². The van der Waals surface area contributed by atoms with Gasteiger partial charge in [-0.1, -0.05) is 12.1 Å². The number of H-pyrrole nitrogens is 1. The first-order valence-electron chi connectivity index (χ1n) is 10.5. The SMILES string of the molecule is Cc1cccc(F)c1-c1nc2c(-c3ccc(N4CCN(C)CC4)nc3)n[nH]c2cc1C#N. The number of aromatic amines is 1. The number of likely N-dealkylation sites (N-methyl/N-ethyl adjacent to an activating group) is 1. The fourth-order valence-corrected chi connectivity index (χ4v) is 4.11. The molecule has 0 atom stereocenters. The molecule has 8 heteroatoms. The maximum atomic E-state index is 14.7. The van der Waals surface area contributed by atoms with Crippen molar-refractivity contribution in [2.24, 2.45) is 0 Å². The number of piperazine rings is 1. The largest absolute Gasteiger partial charge is 0.354 e. The van der Waals surface area contributed by atoms with E-state index in [0.717, 1.165) is 43.1 Å². The zero-order valence-electron chi connectivity index (χ0n) is 17.9. The third-order valence-corrected chi connectivity index (χ3v) is 5.96. The van der Waals surface area contributed by atoms with Gasteiger partial charge in [0.1, 0.15) is 28.9 Å². The number of benzene rings is 1. The molecule has 0 aliphatic carbocycles. The highest BCUT2D eigenvalue weighted by Gasteiger charge is 2.20. The minimum absolute atomic E-state index is 0.296. The molecular weight excluding hydrogens is 405 g/mol. The Balaban J connectivity index is 1.57. The van der Waals surface area contributed by atoms with Crippen LogP contribution in [0.1, 0.15) is 11.1 Å². The van der Waals surface area contributed by atoms with Crippen LogP contribution in [-0.4, -0.2) is 58.3 Å². The minimum atomic E-state index is -0.406. The van der Waals surface area contributed by atoms with Gasteiger partial charge >= 0.3 is 0 Å². The number of hydrogen-bond acceptors (Lipinski definition) is 6. The first kappa shape index (κ1) is 20.1. The molecule has 160 valence electrons. The first-order chi connectivity index (χ1) is 15.5. The average Bonchev–Trinajstić information content (AvgIpc) is 3.22. The van der Waals surface area contributed by atoms with Crippen LogP contribution in [0.4, 0.5) is 10.2 Å². The van der Waals surface area contributed by atoms with Crippen molar-refractivity contribution in [2.45, 2.75) is 6.92 Å². The van der Waals surface area contributed by atoms with E-state index in [2.05, 4.69) is 38.1 Å². The van der Waals surface area contributed by atoms with Crippen molar-refractivity contribution in [2.75, 3.05) is 38.1 Å². The second-order valence-electron chi connectivity index (χ2n) is 8.09. The molecule has 0 unspecified atom stereocenters. The fourth-order valence-electron chi connectivity index (χ4n) is 4.11. The molecular formula is C24H22FN7. The number of nitrogens with zero attached hydrogens (tertiary/aromatic N) is 6. The van der Waals surface area contributed by atoms with Gasteiger partial charge in [0.25, 0.3) is 0 Å². The highest BCUT2D eigenvalue weighted by atomic mass is 19.1. The van der Waals surface area contributed by atoms with Gasteiger partial charge in [-0.3, -0.25) is 5.10 Å². The van der Waals surface area contributed by atoms with E-state index >= 15 is 0 Å². The van der Waals surface area contributed by atoms with Gasteiger partial charge in [0.05, 0.1) is 16.8 Å². The van der Waals surface area contributed by atoms with Crippen molar-refractivity contribution >= 4 is 16.9 Å². The Morgan fingerprint density at radius 3 is 2.59 bits per heavy atom. The third-order valence-electron chi connectivity index (χ3n) is 5.96. The van der Waals surface area contributed by atoms with Crippen molar-refractivity contribution in [3.8, 4) is 28.6 Å². The highest BCUT2D eigenvalue weighted by molar-refractivity contribution is 5.92. The van der Waals surface area contributed by atoms with Crippen molar-refractivity contribution in [1.29, 1.82) is 5.26 Å². The molecule has 0 amide bonds. The molecule has 7 nitrogen and oxygen atoms in total. The summed E-state index contributed by atoms with van der Waals surface area (Å²) in [6.07, 6.45) is 1.79. The van der Waals surface area contributed by atoms with E-state index in [-0.39, 0.29) is 0 Å². The molecule has 0 saturated carbocycles. The average molecular weight is 427 g/mol. The molecule has 4 heterocycles. The van der Waals surface area contributed by atoms with Gasteiger partial charge in [-0.25, -0.2) is 14.4 Å². The summed E-state index contributed by atoms with van der Waals surface area (Å²) in [6, 6.07) is 12.6. The van der Waals surface area contributed by atoms with E-state index in [1.54, 1.807) is 18.3 Å². The maximum Gasteiger partial charge on any atom is 0.132 e. The van der Waals surface area contributed by atoms with E-state index in [1.807, 2.05) is 25.1 Å². The molecule has 1 saturated heterocycles. The van der Waals surface area contributed by atoms with Gasteiger partial charge in [0, 0.05) is 43.5 Å². The number of aryl methyl sites for hydroxylation is 1. The van der Waals surface area contributed by atoms with Crippen LogP contribution in [0.5, 0.6) is 0 Å². The smallest absolute Gasteiger partial charge is 0.132 e. The Bertz CT molecular complexity index is 1310. The predicted octanol–water partition coefficient (Wildman–Crippen LogP) is 3.76. The predicted molar refractivity (Wildman–Crippen MR) is 122 cm³/mol. The summed E-state index contributed by atoms with van der Waals surface area (Å²) in [5.74, 6) is 0.528. The maximum absolute atomic E-state index is 14.7. The second kappa shape index (κ2) is 8.02.